The third kappa shape index (κ3) is 4.08. The number of piperazine rings is 1. The largest absolute Gasteiger partial charge is 0.339 e. The van der Waals surface area contributed by atoms with E-state index in [1.807, 2.05) is 0 Å². The molecule has 8 nitrogen and oxygen atoms in total. The van der Waals surface area contributed by atoms with Gasteiger partial charge in [-0.15, -0.1) is 0 Å². The third-order valence-corrected chi connectivity index (χ3v) is 7.70. The van der Waals surface area contributed by atoms with Crippen molar-refractivity contribution in [2.24, 2.45) is 0 Å². The lowest BCUT2D eigenvalue weighted by Gasteiger charge is -2.37. The second kappa shape index (κ2) is 7.35. The second-order valence-corrected chi connectivity index (χ2v) is 10.0. The van der Waals surface area contributed by atoms with E-state index in [0.717, 1.165) is 36.9 Å². The SMILES string of the molecule is O=C(Cn1nc2c(cc1=O)CCCC2)N1CCN([C@@H]2CCS(=O)(=O)C2)CC1. The fourth-order valence-corrected chi connectivity index (χ4v) is 6.10. The van der Waals surface area contributed by atoms with Gasteiger partial charge >= 0.3 is 0 Å². The van der Waals surface area contributed by atoms with E-state index < -0.39 is 9.84 Å². The van der Waals surface area contributed by atoms with E-state index >= 15 is 0 Å². The summed E-state index contributed by atoms with van der Waals surface area (Å²) in [5.74, 6) is 0.401. The van der Waals surface area contributed by atoms with E-state index in [9.17, 15) is 18.0 Å². The highest BCUT2D eigenvalue weighted by atomic mass is 32.2. The number of amides is 1. The topological polar surface area (TPSA) is 92.6 Å². The van der Waals surface area contributed by atoms with Crippen molar-refractivity contribution < 1.29 is 13.2 Å². The van der Waals surface area contributed by atoms with Crippen molar-refractivity contribution in [1.29, 1.82) is 0 Å². The van der Waals surface area contributed by atoms with Crippen LogP contribution in [0.25, 0.3) is 0 Å². The predicted octanol–water partition coefficient (Wildman–Crippen LogP) is -0.547. The normalized spacial score (nSPS) is 25.3. The van der Waals surface area contributed by atoms with Crippen molar-refractivity contribution >= 4 is 15.7 Å². The molecule has 0 unspecified atom stereocenters. The fourth-order valence-electron chi connectivity index (χ4n) is 4.34. The number of aryl methyl sites for hydroxylation is 2. The van der Waals surface area contributed by atoms with Gasteiger partial charge in [0, 0.05) is 38.3 Å². The summed E-state index contributed by atoms with van der Waals surface area (Å²) in [6, 6.07) is 1.71. The van der Waals surface area contributed by atoms with Crippen LogP contribution in [0.4, 0.5) is 0 Å². The summed E-state index contributed by atoms with van der Waals surface area (Å²) in [4.78, 5) is 28.8. The number of nitrogens with zero attached hydrogens (tertiary/aromatic N) is 4. The maximum absolute atomic E-state index is 12.6. The van der Waals surface area contributed by atoms with Gasteiger partial charge in [-0.1, -0.05) is 0 Å². The summed E-state index contributed by atoms with van der Waals surface area (Å²) in [7, 11) is -2.90. The van der Waals surface area contributed by atoms with E-state index in [1.54, 1.807) is 11.0 Å². The number of sulfone groups is 1. The molecule has 1 aromatic heterocycles. The van der Waals surface area contributed by atoms with Crippen LogP contribution in [0.2, 0.25) is 0 Å². The van der Waals surface area contributed by atoms with Gasteiger partial charge in [-0.2, -0.15) is 5.10 Å². The van der Waals surface area contributed by atoms with Crippen molar-refractivity contribution in [3.8, 4) is 0 Å². The van der Waals surface area contributed by atoms with Gasteiger partial charge in [-0.3, -0.25) is 14.5 Å². The minimum absolute atomic E-state index is 0.0239. The van der Waals surface area contributed by atoms with Gasteiger partial charge < -0.3 is 4.90 Å². The van der Waals surface area contributed by atoms with Crippen LogP contribution in [0, 0.1) is 0 Å². The Morgan fingerprint density at radius 2 is 1.89 bits per heavy atom. The van der Waals surface area contributed by atoms with E-state index in [0.29, 0.717) is 32.6 Å². The number of aromatic nitrogens is 2. The number of hydrogen-bond acceptors (Lipinski definition) is 6. The van der Waals surface area contributed by atoms with Crippen molar-refractivity contribution in [1.82, 2.24) is 19.6 Å². The van der Waals surface area contributed by atoms with Gasteiger partial charge in [0.25, 0.3) is 5.56 Å². The van der Waals surface area contributed by atoms with Crippen molar-refractivity contribution in [2.45, 2.75) is 44.7 Å². The molecule has 3 heterocycles. The van der Waals surface area contributed by atoms with Crippen LogP contribution in [-0.2, 0) is 34.0 Å². The molecule has 1 amide bonds. The lowest BCUT2D eigenvalue weighted by Crippen LogP contribution is -2.53. The standard InChI is InChI=1S/C18H26N4O4S/c23-17-11-14-3-1-2-4-16(14)19-22(17)12-18(24)21-8-6-20(7-9-21)15-5-10-27(25,26)13-15/h11,15H,1-10,12-13H2/t15-/m1/s1. The number of carbonyl (C=O) groups is 1. The van der Waals surface area contributed by atoms with Gasteiger partial charge in [0.05, 0.1) is 17.2 Å². The van der Waals surface area contributed by atoms with Gasteiger partial charge in [-0.25, -0.2) is 13.1 Å². The zero-order valence-electron chi connectivity index (χ0n) is 15.5. The Kier molecular flexibility index (Phi) is 5.07. The summed E-state index contributed by atoms with van der Waals surface area (Å²) >= 11 is 0. The molecule has 2 saturated heterocycles. The third-order valence-electron chi connectivity index (χ3n) is 5.95. The van der Waals surface area contributed by atoms with Crippen LogP contribution < -0.4 is 5.56 Å². The molecule has 2 fully saturated rings. The minimum Gasteiger partial charge on any atom is -0.339 e. The number of hydrogen-bond donors (Lipinski definition) is 0. The molecule has 148 valence electrons. The molecular formula is C18H26N4O4S. The average Bonchev–Trinajstić information content (AvgIpc) is 3.02. The Hall–Kier alpha value is -1.74. The van der Waals surface area contributed by atoms with Crippen LogP contribution in [0.15, 0.2) is 10.9 Å². The Morgan fingerprint density at radius 1 is 1.15 bits per heavy atom. The second-order valence-electron chi connectivity index (χ2n) is 7.79. The molecule has 1 aromatic rings. The molecule has 9 heteroatoms. The summed E-state index contributed by atoms with van der Waals surface area (Å²) in [6.07, 6.45) is 4.61. The molecule has 0 aromatic carbocycles. The molecule has 0 radical (unpaired) electrons. The quantitative estimate of drug-likeness (QED) is 0.683. The molecule has 1 atom stereocenters. The molecule has 0 N–H and O–H groups in total. The predicted molar refractivity (Wildman–Crippen MR) is 100 cm³/mol. The van der Waals surface area contributed by atoms with Gasteiger partial charge in [0.2, 0.25) is 5.91 Å². The van der Waals surface area contributed by atoms with Crippen molar-refractivity contribution in [3.63, 3.8) is 0 Å². The van der Waals surface area contributed by atoms with E-state index in [4.69, 9.17) is 0 Å². The molecule has 0 saturated carbocycles. The summed E-state index contributed by atoms with van der Waals surface area (Å²) < 4.78 is 24.6. The number of carbonyl (C=O) groups excluding carboxylic acids is 1. The first-order valence-corrected chi connectivity index (χ1v) is 11.6. The lowest BCUT2D eigenvalue weighted by molar-refractivity contribution is -0.134. The van der Waals surface area contributed by atoms with Crippen LogP contribution in [0.1, 0.15) is 30.5 Å². The molecule has 3 aliphatic rings. The monoisotopic (exact) mass is 394 g/mol. The first kappa shape index (κ1) is 18.6. The van der Waals surface area contributed by atoms with Crippen molar-refractivity contribution in [2.75, 3.05) is 37.7 Å². The van der Waals surface area contributed by atoms with E-state index in [1.165, 1.54) is 4.68 Å². The molecule has 0 bridgehead atoms. The summed E-state index contributed by atoms with van der Waals surface area (Å²) in [6.45, 7) is 2.46. The Labute approximate surface area is 159 Å². The Bertz CT molecular complexity index is 887. The van der Waals surface area contributed by atoms with Crippen LogP contribution in [-0.4, -0.2) is 77.6 Å². The van der Waals surface area contributed by atoms with Gasteiger partial charge in [-0.05, 0) is 37.7 Å². The Morgan fingerprint density at radius 3 is 2.59 bits per heavy atom. The molecular weight excluding hydrogens is 368 g/mol. The molecule has 1 aliphatic carbocycles. The van der Waals surface area contributed by atoms with E-state index in [2.05, 4.69) is 10.00 Å². The molecule has 27 heavy (non-hydrogen) atoms. The zero-order chi connectivity index (χ0) is 19.0. The summed E-state index contributed by atoms with van der Waals surface area (Å²) in [5.41, 5.74) is 1.76. The van der Waals surface area contributed by atoms with Crippen LogP contribution in [0.5, 0.6) is 0 Å². The number of fused-ring (bicyclic) bond motifs is 1. The first-order chi connectivity index (χ1) is 12.9. The fraction of sp³-hybridized carbons (Fsp3) is 0.722. The highest BCUT2D eigenvalue weighted by Crippen LogP contribution is 2.19. The van der Waals surface area contributed by atoms with Gasteiger partial charge in [0.1, 0.15) is 6.54 Å². The van der Waals surface area contributed by atoms with Gasteiger partial charge in [0.15, 0.2) is 9.84 Å². The van der Waals surface area contributed by atoms with E-state index in [-0.39, 0.29) is 35.6 Å². The van der Waals surface area contributed by atoms with Crippen LogP contribution >= 0.6 is 0 Å². The Balaban J connectivity index is 1.36. The average molecular weight is 394 g/mol. The molecule has 2 aliphatic heterocycles. The first-order valence-electron chi connectivity index (χ1n) is 9.73. The highest BCUT2D eigenvalue weighted by molar-refractivity contribution is 7.91. The summed E-state index contributed by atoms with van der Waals surface area (Å²) in [5, 5.41) is 4.42. The maximum Gasteiger partial charge on any atom is 0.267 e. The molecule has 4 rings (SSSR count). The highest BCUT2D eigenvalue weighted by Gasteiger charge is 2.34. The molecule has 0 spiro atoms. The maximum atomic E-state index is 12.6. The minimum atomic E-state index is -2.90. The zero-order valence-corrected chi connectivity index (χ0v) is 16.3. The lowest BCUT2D eigenvalue weighted by atomic mass is 9.97. The number of rotatable bonds is 3. The smallest absolute Gasteiger partial charge is 0.267 e. The van der Waals surface area contributed by atoms with Crippen molar-refractivity contribution in [3.05, 3.63) is 27.7 Å². The van der Waals surface area contributed by atoms with Crippen LogP contribution in [0.3, 0.4) is 0 Å².